The van der Waals surface area contributed by atoms with Gasteiger partial charge >= 0.3 is 0 Å². The monoisotopic (exact) mass is 1060 g/mol. The molecule has 9 aromatic rings. The van der Waals surface area contributed by atoms with E-state index in [9.17, 15) is 0 Å². The van der Waals surface area contributed by atoms with E-state index in [-0.39, 0.29) is 44.7 Å². The van der Waals surface area contributed by atoms with Gasteiger partial charge in [0, 0.05) is 61.3 Å². The van der Waals surface area contributed by atoms with E-state index in [1.54, 1.807) is 0 Å². The second kappa shape index (κ2) is 17.1. The van der Waals surface area contributed by atoms with Gasteiger partial charge in [-0.25, -0.2) is 0 Å². The van der Waals surface area contributed by atoms with Gasteiger partial charge in [0.05, 0.1) is 16.9 Å². The number of benzene rings is 8. The van der Waals surface area contributed by atoms with Gasteiger partial charge in [0.2, 0.25) is 0 Å². The number of furan rings is 1. The first kappa shape index (κ1) is 52.1. The minimum atomic E-state index is -0.380. The SMILES string of the molecule is CC(C)c1ccc(N2c3cc(N(c4ccc(C(C)(C)C)cc4)c4ccc(C(C)(C)C)cc4)cc4c3B3c5cc(cc6c5N4C4(C)CCCCC64C)C(C(C)(C)C)(C(C)(C)C)c4ccc5oc6ccc2c3c6c5c4)c(-c2ccccc2)c1. The average molecular weight is 1060 g/mol. The molecule has 0 amide bonds. The van der Waals surface area contributed by atoms with Crippen molar-refractivity contribution in [3.8, 4) is 11.1 Å². The first-order valence-corrected chi connectivity index (χ1v) is 30.4. The standard InChI is InChI=1S/C76H82BN3O/c1-46(2)48-24-34-60(56(40-48)47-22-18-17-19-23-47)79-61-35-37-65-66-57-41-51(29-36-64(57)81-65)76(72(9,10)11,73(12,13)14)52-42-58-69-59(43-52)77(68(61)66)67-62(79)44-55(45-63(67)80(69)75(16)39-21-20-38-74(58,75)15)78(53-30-25-49(26-31-53)70(3,4)5)54-32-27-50(28-33-54)71(6,7)8/h17-19,22-37,40-46H,20-21,38-39H2,1-16H3. The summed E-state index contributed by atoms with van der Waals surface area (Å²) in [4.78, 5) is 8.20. The van der Waals surface area contributed by atoms with Crippen LogP contribution in [0.2, 0.25) is 0 Å². The molecule has 81 heavy (non-hydrogen) atoms. The molecule has 2 atom stereocenters. The zero-order valence-electron chi connectivity index (χ0n) is 51.2. The van der Waals surface area contributed by atoms with Crippen LogP contribution in [-0.2, 0) is 21.7 Å². The lowest BCUT2D eigenvalue weighted by Crippen LogP contribution is -2.65. The quantitative estimate of drug-likeness (QED) is 0.155. The van der Waals surface area contributed by atoms with Gasteiger partial charge in [0.15, 0.2) is 0 Å². The van der Waals surface area contributed by atoms with Crippen molar-refractivity contribution in [3.63, 3.8) is 0 Å². The van der Waals surface area contributed by atoms with E-state index >= 15 is 0 Å². The van der Waals surface area contributed by atoms with Crippen LogP contribution >= 0.6 is 0 Å². The van der Waals surface area contributed by atoms with Gasteiger partial charge in [0.1, 0.15) is 11.2 Å². The van der Waals surface area contributed by atoms with Gasteiger partial charge in [-0.2, -0.15) is 0 Å². The lowest BCUT2D eigenvalue weighted by atomic mass is 9.32. The van der Waals surface area contributed by atoms with Crippen LogP contribution in [0.3, 0.4) is 0 Å². The van der Waals surface area contributed by atoms with Crippen molar-refractivity contribution in [2.24, 2.45) is 10.8 Å². The number of fused-ring (bicyclic) bond motifs is 6. The van der Waals surface area contributed by atoms with Crippen LogP contribution in [0.25, 0.3) is 33.1 Å². The summed E-state index contributed by atoms with van der Waals surface area (Å²) in [5.41, 5.74) is 25.6. The van der Waals surface area contributed by atoms with Crippen molar-refractivity contribution in [2.75, 3.05) is 14.7 Å². The van der Waals surface area contributed by atoms with Crippen molar-refractivity contribution in [2.45, 2.75) is 170 Å². The van der Waals surface area contributed by atoms with E-state index < -0.39 is 0 Å². The third-order valence-electron chi connectivity index (χ3n) is 21.0. The Labute approximate surface area is 483 Å². The molecular weight excluding hydrogens is 982 g/mol. The third-order valence-corrected chi connectivity index (χ3v) is 21.0. The highest BCUT2D eigenvalue weighted by atomic mass is 16.3. The number of nitrogens with zero attached hydrogens (tertiary/aromatic N) is 3. The largest absolute Gasteiger partial charge is 0.456 e. The smallest absolute Gasteiger partial charge is 0.253 e. The van der Waals surface area contributed by atoms with Crippen LogP contribution in [0.1, 0.15) is 176 Å². The highest BCUT2D eigenvalue weighted by Crippen LogP contribution is 2.66. The van der Waals surface area contributed by atoms with E-state index in [1.807, 2.05) is 0 Å². The zero-order chi connectivity index (χ0) is 56.9. The Morgan fingerprint density at radius 3 is 1.77 bits per heavy atom. The predicted octanol–water partition coefficient (Wildman–Crippen LogP) is 19.5. The molecule has 2 unspecified atom stereocenters. The third kappa shape index (κ3) is 7.08. The van der Waals surface area contributed by atoms with Crippen LogP contribution in [-0.4, -0.2) is 12.3 Å². The Hall–Kier alpha value is -6.98. The maximum atomic E-state index is 7.18. The van der Waals surface area contributed by atoms with Crippen molar-refractivity contribution in [1.82, 2.24) is 0 Å². The number of anilines is 8. The van der Waals surface area contributed by atoms with Crippen molar-refractivity contribution >= 4 is 90.5 Å². The van der Waals surface area contributed by atoms with E-state index in [4.69, 9.17) is 4.42 Å². The second-order valence-electron chi connectivity index (χ2n) is 29.9. The molecule has 8 aromatic carbocycles. The first-order chi connectivity index (χ1) is 38.3. The molecule has 5 aliphatic rings. The Kier molecular flexibility index (Phi) is 11.0. The van der Waals surface area contributed by atoms with Gasteiger partial charge < -0.3 is 19.1 Å². The summed E-state index contributed by atoms with van der Waals surface area (Å²) in [7, 11) is 0. The lowest BCUT2D eigenvalue weighted by Gasteiger charge is -2.55. The Morgan fingerprint density at radius 1 is 0.543 bits per heavy atom. The Balaban J connectivity index is 1.19. The number of rotatable bonds is 6. The van der Waals surface area contributed by atoms with Gasteiger partial charge in [0.25, 0.3) is 6.71 Å². The van der Waals surface area contributed by atoms with Gasteiger partial charge in [-0.15, -0.1) is 0 Å². The molecule has 14 rings (SSSR count). The summed E-state index contributed by atoms with van der Waals surface area (Å²) in [6, 6.07) is 60.1. The minimum Gasteiger partial charge on any atom is -0.456 e. The van der Waals surface area contributed by atoms with Crippen LogP contribution < -0.4 is 31.1 Å². The fraction of sp³-hybridized carbons (Fsp3) is 0.368. The van der Waals surface area contributed by atoms with Crippen molar-refractivity contribution < 1.29 is 4.42 Å². The van der Waals surface area contributed by atoms with Gasteiger partial charge in [-0.1, -0.05) is 196 Å². The molecule has 410 valence electrons. The molecule has 0 radical (unpaired) electrons. The predicted molar refractivity (Wildman–Crippen MR) is 347 cm³/mol. The summed E-state index contributed by atoms with van der Waals surface area (Å²) in [6.07, 6.45) is 4.66. The molecule has 0 N–H and O–H groups in total. The topological polar surface area (TPSA) is 22.9 Å². The molecule has 1 aromatic heterocycles. The Morgan fingerprint density at radius 2 is 1.15 bits per heavy atom. The molecule has 0 saturated heterocycles. The second-order valence-corrected chi connectivity index (χ2v) is 29.9. The summed E-state index contributed by atoms with van der Waals surface area (Å²) in [5.74, 6) is 0.351. The van der Waals surface area contributed by atoms with E-state index in [1.165, 1.54) is 113 Å². The lowest BCUT2D eigenvalue weighted by molar-refractivity contribution is 0.0906. The van der Waals surface area contributed by atoms with Crippen LogP contribution in [0.5, 0.6) is 0 Å². The Bertz CT molecular complexity index is 3990. The van der Waals surface area contributed by atoms with Gasteiger partial charge in [-0.05, 0) is 175 Å². The number of hydrogen-bond donors (Lipinski definition) is 0. The molecule has 4 bridgehead atoms. The molecule has 5 heteroatoms. The van der Waals surface area contributed by atoms with Crippen LogP contribution in [0, 0.1) is 10.8 Å². The summed E-state index contributed by atoms with van der Waals surface area (Å²) in [5, 5.41) is 2.44. The molecule has 4 nitrogen and oxygen atoms in total. The van der Waals surface area contributed by atoms with E-state index in [0.29, 0.717) is 5.92 Å². The molecular formula is C76H82BN3O. The maximum absolute atomic E-state index is 7.18. The first-order valence-electron chi connectivity index (χ1n) is 30.4. The van der Waals surface area contributed by atoms with E-state index in [0.717, 1.165) is 41.1 Å². The fourth-order valence-electron chi connectivity index (χ4n) is 17.2. The minimum absolute atomic E-state index is 0.00813. The summed E-state index contributed by atoms with van der Waals surface area (Å²) >= 11 is 0. The molecule has 1 saturated carbocycles. The summed E-state index contributed by atoms with van der Waals surface area (Å²) in [6.45, 7) is 38.8. The molecule has 5 heterocycles. The van der Waals surface area contributed by atoms with Crippen LogP contribution in [0.4, 0.5) is 45.5 Å². The van der Waals surface area contributed by atoms with E-state index in [2.05, 4.69) is 277 Å². The zero-order valence-corrected chi connectivity index (χ0v) is 51.2. The molecule has 4 aliphatic heterocycles. The average Bonchev–Trinajstić information content (AvgIpc) is 2.44. The number of hydrogen-bond acceptors (Lipinski definition) is 4. The maximum Gasteiger partial charge on any atom is 0.253 e. The normalized spacial score (nSPS) is 19.6. The van der Waals surface area contributed by atoms with Crippen LogP contribution in [0.15, 0.2) is 156 Å². The fourth-order valence-corrected chi connectivity index (χ4v) is 17.2. The highest BCUT2D eigenvalue weighted by molar-refractivity contribution is 7.02. The molecule has 0 spiro atoms. The molecule has 1 fully saturated rings. The van der Waals surface area contributed by atoms with Crippen molar-refractivity contribution in [1.29, 1.82) is 0 Å². The highest BCUT2D eigenvalue weighted by Gasteiger charge is 2.63. The van der Waals surface area contributed by atoms with Crippen molar-refractivity contribution in [3.05, 3.63) is 185 Å². The van der Waals surface area contributed by atoms with Gasteiger partial charge in [-0.3, -0.25) is 0 Å². The summed E-state index contributed by atoms with van der Waals surface area (Å²) < 4.78 is 7.18. The molecule has 1 aliphatic carbocycles.